The zero-order chi connectivity index (χ0) is 16.3. The number of amides is 1. The highest BCUT2D eigenvalue weighted by atomic mass is 35.5. The van der Waals surface area contributed by atoms with Crippen LogP contribution in [0.3, 0.4) is 0 Å². The highest BCUT2D eigenvalue weighted by Crippen LogP contribution is 2.24. The maximum absolute atomic E-state index is 12.2. The molecule has 120 valence electrons. The maximum Gasteiger partial charge on any atom is 0.329 e. The molecule has 0 spiro atoms. The normalized spacial score (nSPS) is 18.0. The quantitative estimate of drug-likeness (QED) is 0.878. The minimum Gasteiger partial charge on any atom is -0.480 e. The lowest BCUT2D eigenvalue weighted by atomic mass is 9.87. The Bertz CT molecular complexity index is 584. The average Bonchev–Trinajstić information content (AvgIpc) is 2.44. The Labute approximate surface area is 139 Å². The lowest BCUT2D eigenvalue weighted by Crippen LogP contribution is -2.59. The van der Waals surface area contributed by atoms with Gasteiger partial charge in [0.1, 0.15) is 5.54 Å². The molecule has 0 aliphatic carbocycles. The third-order valence-electron chi connectivity index (χ3n) is 3.99. The van der Waals surface area contributed by atoms with Gasteiger partial charge in [0.2, 0.25) is 5.91 Å². The molecule has 1 aliphatic heterocycles. The number of benzene rings is 1. The summed E-state index contributed by atoms with van der Waals surface area (Å²) in [7, 11) is 1.93. The molecule has 0 atom stereocenters. The highest BCUT2D eigenvalue weighted by molar-refractivity contribution is 6.35. The molecule has 1 aromatic rings. The fourth-order valence-corrected chi connectivity index (χ4v) is 3.02. The van der Waals surface area contributed by atoms with Crippen molar-refractivity contribution in [1.82, 2.24) is 10.2 Å². The van der Waals surface area contributed by atoms with Crippen molar-refractivity contribution in [2.45, 2.75) is 24.8 Å². The lowest BCUT2D eigenvalue weighted by molar-refractivity contribution is -0.149. The number of piperidine rings is 1. The standard InChI is InChI=1S/C15H18Cl2N2O3/c1-19-6-4-15(5-7-19,14(21)22)18-13(20)8-10-2-3-11(16)9-12(10)17/h2-3,9H,4-8H2,1H3,(H,18,20)(H,21,22). The Morgan fingerprint density at radius 1 is 1.32 bits per heavy atom. The van der Waals surface area contributed by atoms with Gasteiger partial charge in [-0.05, 0) is 37.6 Å². The summed E-state index contributed by atoms with van der Waals surface area (Å²) in [6, 6.07) is 4.89. The molecular weight excluding hydrogens is 327 g/mol. The third kappa shape index (κ3) is 3.91. The summed E-state index contributed by atoms with van der Waals surface area (Å²) in [5, 5.41) is 13.1. The van der Waals surface area contributed by atoms with Crippen molar-refractivity contribution in [3.63, 3.8) is 0 Å². The second kappa shape index (κ2) is 6.86. The van der Waals surface area contributed by atoms with Gasteiger partial charge in [-0.15, -0.1) is 0 Å². The van der Waals surface area contributed by atoms with Crippen molar-refractivity contribution < 1.29 is 14.7 Å². The number of hydrogen-bond acceptors (Lipinski definition) is 3. The van der Waals surface area contributed by atoms with Crippen LogP contribution in [0.25, 0.3) is 0 Å². The second-order valence-corrected chi connectivity index (χ2v) is 6.49. The molecule has 0 bridgehead atoms. The largest absolute Gasteiger partial charge is 0.480 e. The van der Waals surface area contributed by atoms with Crippen LogP contribution in [0.1, 0.15) is 18.4 Å². The number of likely N-dealkylation sites (tertiary alicyclic amines) is 1. The first-order valence-corrected chi connectivity index (χ1v) is 7.75. The Hall–Kier alpha value is -1.30. The number of carbonyl (C=O) groups is 2. The number of halogens is 2. The summed E-state index contributed by atoms with van der Waals surface area (Å²) in [6.45, 7) is 1.27. The smallest absolute Gasteiger partial charge is 0.329 e. The molecule has 0 unspecified atom stereocenters. The Morgan fingerprint density at radius 3 is 2.50 bits per heavy atom. The van der Waals surface area contributed by atoms with Gasteiger partial charge in [0.25, 0.3) is 0 Å². The topological polar surface area (TPSA) is 69.6 Å². The molecular formula is C15H18Cl2N2O3. The Kier molecular flexibility index (Phi) is 5.32. The van der Waals surface area contributed by atoms with Gasteiger partial charge < -0.3 is 15.3 Å². The van der Waals surface area contributed by atoms with E-state index < -0.39 is 11.5 Å². The molecule has 2 rings (SSSR count). The van der Waals surface area contributed by atoms with Crippen LogP contribution < -0.4 is 5.32 Å². The summed E-state index contributed by atoms with van der Waals surface area (Å²) < 4.78 is 0. The van der Waals surface area contributed by atoms with Crippen LogP contribution in [0.5, 0.6) is 0 Å². The van der Waals surface area contributed by atoms with Gasteiger partial charge >= 0.3 is 5.97 Å². The van der Waals surface area contributed by atoms with Crippen molar-refractivity contribution >= 4 is 35.1 Å². The molecule has 0 saturated carbocycles. The number of rotatable bonds is 4. The third-order valence-corrected chi connectivity index (χ3v) is 4.58. The zero-order valence-corrected chi connectivity index (χ0v) is 13.7. The molecule has 1 aromatic carbocycles. The van der Waals surface area contributed by atoms with Gasteiger partial charge in [0.15, 0.2) is 0 Å². The monoisotopic (exact) mass is 344 g/mol. The fourth-order valence-electron chi connectivity index (χ4n) is 2.54. The number of carbonyl (C=O) groups excluding carboxylic acids is 1. The molecule has 0 radical (unpaired) electrons. The minimum atomic E-state index is -1.19. The van der Waals surface area contributed by atoms with Gasteiger partial charge in [-0.1, -0.05) is 29.3 Å². The van der Waals surface area contributed by atoms with Crippen molar-refractivity contribution in [2.75, 3.05) is 20.1 Å². The van der Waals surface area contributed by atoms with E-state index in [0.29, 0.717) is 41.5 Å². The number of nitrogens with zero attached hydrogens (tertiary/aromatic N) is 1. The van der Waals surface area contributed by atoms with Crippen molar-refractivity contribution in [1.29, 1.82) is 0 Å². The fraction of sp³-hybridized carbons (Fsp3) is 0.467. The van der Waals surface area contributed by atoms with Gasteiger partial charge in [-0.25, -0.2) is 4.79 Å². The lowest BCUT2D eigenvalue weighted by Gasteiger charge is -2.37. The minimum absolute atomic E-state index is 0.0286. The molecule has 1 amide bonds. The summed E-state index contributed by atoms with van der Waals surface area (Å²) in [4.78, 5) is 25.9. The van der Waals surface area contributed by atoms with Crippen LogP contribution in [-0.4, -0.2) is 47.6 Å². The predicted molar refractivity (Wildman–Crippen MR) is 85.4 cm³/mol. The first-order chi connectivity index (χ1) is 10.3. The molecule has 1 fully saturated rings. The zero-order valence-electron chi connectivity index (χ0n) is 12.2. The van der Waals surface area contributed by atoms with E-state index in [1.54, 1.807) is 18.2 Å². The maximum atomic E-state index is 12.2. The molecule has 7 heteroatoms. The molecule has 0 aromatic heterocycles. The van der Waals surface area contributed by atoms with Gasteiger partial charge in [-0.2, -0.15) is 0 Å². The molecule has 1 heterocycles. The molecule has 1 saturated heterocycles. The molecule has 2 N–H and O–H groups in total. The SMILES string of the molecule is CN1CCC(NC(=O)Cc2ccc(Cl)cc2Cl)(C(=O)O)CC1. The number of aliphatic carboxylic acids is 1. The number of hydrogen-bond donors (Lipinski definition) is 2. The second-order valence-electron chi connectivity index (χ2n) is 5.65. The summed E-state index contributed by atoms with van der Waals surface area (Å²) in [5.41, 5.74) is -0.570. The Morgan fingerprint density at radius 2 is 1.95 bits per heavy atom. The van der Waals surface area contributed by atoms with E-state index in [1.807, 2.05) is 11.9 Å². The van der Waals surface area contributed by atoms with E-state index in [0.717, 1.165) is 0 Å². The first kappa shape index (κ1) is 17.1. The van der Waals surface area contributed by atoms with Crippen molar-refractivity contribution in [2.24, 2.45) is 0 Å². The van der Waals surface area contributed by atoms with E-state index in [4.69, 9.17) is 23.2 Å². The van der Waals surface area contributed by atoms with Gasteiger partial charge in [0.05, 0.1) is 6.42 Å². The first-order valence-electron chi connectivity index (χ1n) is 6.99. The van der Waals surface area contributed by atoms with Crippen LogP contribution >= 0.6 is 23.2 Å². The van der Waals surface area contributed by atoms with E-state index in [2.05, 4.69) is 5.32 Å². The van der Waals surface area contributed by atoms with Crippen LogP contribution in [0.2, 0.25) is 10.0 Å². The van der Waals surface area contributed by atoms with Crippen LogP contribution in [0.15, 0.2) is 18.2 Å². The highest BCUT2D eigenvalue weighted by Gasteiger charge is 2.42. The molecule has 22 heavy (non-hydrogen) atoms. The summed E-state index contributed by atoms with van der Waals surface area (Å²) >= 11 is 11.9. The van der Waals surface area contributed by atoms with E-state index in [1.165, 1.54) is 0 Å². The van der Waals surface area contributed by atoms with Gasteiger partial charge in [-0.3, -0.25) is 4.79 Å². The van der Waals surface area contributed by atoms with Crippen LogP contribution in [-0.2, 0) is 16.0 Å². The predicted octanol–water partition coefficient (Wildman–Crippen LogP) is 2.20. The van der Waals surface area contributed by atoms with Crippen LogP contribution in [0, 0.1) is 0 Å². The summed E-state index contributed by atoms with van der Waals surface area (Å²) in [6.07, 6.45) is 0.804. The van der Waals surface area contributed by atoms with E-state index >= 15 is 0 Å². The number of nitrogens with one attached hydrogen (secondary N) is 1. The number of carboxylic acid groups (broad SMARTS) is 1. The number of carboxylic acids is 1. The summed E-state index contributed by atoms with van der Waals surface area (Å²) in [5.74, 6) is -1.34. The van der Waals surface area contributed by atoms with E-state index in [9.17, 15) is 14.7 Å². The molecule has 5 nitrogen and oxygen atoms in total. The molecule has 1 aliphatic rings. The van der Waals surface area contributed by atoms with E-state index in [-0.39, 0.29) is 12.3 Å². The van der Waals surface area contributed by atoms with Crippen LogP contribution in [0.4, 0.5) is 0 Å². The van der Waals surface area contributed by atoms with Crippen molar-refractivity contribution in [3.8, 4) is 0 Å². The van der Waals surface area contributed by atoms with Gasteiger partial charge in [0, 0.05) is 23.1 Å². The Balaban J connectivity index is 2.07. The van der Waals surface area contributed by atoms with Crippen molar-refractivity contribution in [3.05, 3.63) is 33.8 Å². The average molecular weight is 345 g/mol.